The number of methoxy groups -OCH3 is 2. The second kappa shape index (κ2) is 9.82. The topological polar surface area (TPSA) is 82.8 Å². The second-order valence-electron chi connectivity index (χ2n) is 8.35. The van der Waals surface area contributed by atoms with Crippen LogP contribution in [0.2, 0.25) is 25.7 Å². The molecule has 168 valence electrons. The summed E-state index contributed by atoms with van der Waals surface area (Å²) in [6.07, 6.45) is 0.870. The van der Waals surface area contributed by atoms with Gasteiger partial charge in [0, 0.05) is 37.9 Å². The number of aromatic nitrogens is 2. The summed E-state index contributed by atoms with van der Waals surface area (Å²) in [7, 11) is 1.74. The lowest BCUT2D eigenvalue weighted by Gasteiger charge is -2.15. The number of hydrogen-bond donors (Lipinski definition) is 1. The smallest absolute Gasteiger partial charge is 0.358 e. The third kappa shape index (κ3) is 5.56. The van der Waals surface area contributed by atoms with Crippen molar-refractivity contribution >= 4 is 52.2 Å². The molecule has 0 amide bonds. The molecular formula is C21H27BrN2O5SSi. The molecule has 0 aliphatic heterocycles. The standard InChI is InChI=1S/C21H27BrN2O5SSi/c1-27-13-6-7-14-15(18(25)20-23-17(19(22)30-20)21(26)28-2)11-24(16(14)10-13)12-29-8-9-31(3,4)5/h6-7,10-11,18,25H,8-9,12H2,1-5H3. The molecule has 0 radical (unpaired) electrons. The summed E-state index contributed by atoms with van der Waals surface area (Å²) in [6.45, 7) is 8.01. The van der Waals surface area contributed by atoms with Crippen LogP contribution in [0.15, 0.2) is 28.2 Å². The molecule has 1 atom stereocenters. The predicted molar refractivity (Wildman–Crippen MR) is 128 cm³/mol. The Hall–Kier alpha value is -1.72. The van der Waals surface area contributed by atoms with Gasteiger partial charge in [0.1, 0.15) is 27.4 Å². The van der Waals surface area contributed by atoms with Crippen molar-refractivity contribution in [1.82, 2.24) is 9.55 Å². The number of halogens is 1. The average molecular weight is 528 g/mol. The lowest BCUT2D eigenvalue weighted by Crippen LogP contribution is -2.21. The van der Waals surface area contributed by atoms with Gasteiger partial charge in [-0.3, -0.25) is 0 Å². The Morgan fingerprint density at radius 3 is 2.71 bits per heavy atom. The number of fused-ring (bicyclic) bond motifs is 1. The number of ether oxygens (including phenoxy) is 3. The Morgan fingerprint density at radius 2 is 2.06 bits per heavy atom. The van der Waals surface area contributed by atoms with Crippen LogP contribution < -0.4 is 4.74 Å². The number of thiazole rings is 1. The van der Waals surface area contributed by atoms with Crippen LogP contribution in [0.4, 0.5) is 0 Å². The van der Waals surface area contributed by atoms with E-state index < -0.39 is 20.1 Å². The molecule has 0 saturated carbocycles. The highest BCUT2D eigenvalue weighted by Gasteiger charge is 2.25. The summed E-state index contributed by atoms with van der Waals surface area (Å²) in [4.78, 5) is 16.2. The summed E-state index contributed by atoms with van der Waals surface area (Å²) in [5.74, 6) is 0.171. The number of carbonyl (C=O) groups is 1. The summed E-state index contributed by atoms with van der Waals surface area (Å²) in [6, 6.07) is 6.77. The Kier molecular flexibility index (Phi) is 7.58. The van der Waals surface area contributed by atoms with Crippen LogP contribution in [0, 0.1) is 0 Å². The van der Waals surface area contributed by atoms with Gasteiger partial charge in [-0.15, -0.1) is 11.3 Å². The van der Waals surface area contributed by atoms with E-state index in [1.54, 1.807) is 7.11 Å². The molecule has 3 aromatic rings. The third-order valence-electron chi connectivity index (χ3n) is 4.86. The van der Waals surface area contributed by atoms with Crippen LogP contribution >= 0.6 is 27.3 Å². The molecule has 0 spiro atoms. The minimum absolute atomic E-state index is 0.154. The molecule has 0 bridgehead atoms. The number of rotatable bonds is 9. The quantitative estimate of drug-likeness (QED) is 0.238. The lowest BCUT2D eigenvalue weighted by atomic mass is 10.1. The van der Waals surface area contributed by atoms with Crippen molar-refractivity contribution in [1.29, 1.82) is 0 Å². The van der Waals surface area contributed by atoms with E-state index >= 15 is 0 Å². The van der Waals surface area contributed by atoms with Crippen molar-refractivity contribution in [2.24, 2.45) is 0 Å². The summed E-state index contributed by atoms with van der Waals surface area (Å²) < 4.78 is 18.6. The largest absolute Gasteiger partial charge is 0.497 e. The molecule has 1 unspecified atom stereocenters. The fraction of sp³-hybridized carbons (Fsp3) is 0.429. The van der Waals surface area contributed by atoms with Gasteiger partial charge >= 0.3 is 5.97 Å². The normalized spacial score (nSPS) is 12.9. The zero-order chi connectivity index (χ0) is 22.8. The van der Waals surface area contributed by atoms with Gasteiger partial charge in [0.25, 0.3) is 0 Å². The number of benzene rings is 1. The van der Waals surface area contributed by atoms with Crippen molar-refractivity contribution in [2.75, 3.05) is 20.8 Å². The number of aliphatic hydroxyl groups excluding tert-OH is 1. The first kappa shape index (κ1) is 23.9. The number of aliphatic hydroxyl groups is 1. The van der Waals surface area contributed by atoms with Gasteiger partial charge < -0.3 is 23.9 Å². The van der Waals surface area contributed by atoms with E-state index in [0.717, 1.165) is 22.7 Å². The van der Waals surface area contributed by atoms with Crippen LogP contribution in [-0.4, -0.2) is 49.5 Å². The average Bonchev–Trinajstić information content (AvgIpc) is 3.29. The molecule has 1 N–H and O–H groups in total. The van der Waals surface area contributed by atoms with Gasteiger partial charge in [0.2, 0.25) is 0 Å². The highest BCUT2D eigenvalue weighted by molar-refractivity contribution is 9.11. The van der Waals surface area contributed by atoms with Crippen molar-refractivity contribution in [3.63, 3.8) is 0 Å². The van der Waals surface area contributed by atoms with Crippen LogP contribution in [0.3, 0.4) is 0 Å². The fourth-order valence-electron chi connectivity index (χ4n) is 3.08. The number of esters is 1. The molecule has 0 saturated heterocycles. The van der Waals surface area contributed by atoms with E-state index in [9.17, 15) is 9.90 Å². The van der Waals surface area contributed by atoms with E-state index in [1.807, 2.05) is 29.0 Å². The highest BCUT2D eigenvalue weighted by Crippen LogP contribution is 2.36. The molecule has 2 aromatic heterocycles. The maximum Gasteiger partial charge on any atom is 0.358 e. The van der Waals surface area contributed by atoms with E-state index in [-0.39, 0.29) is 5.69 Å². The van der Waals surface area contributed by atoms with Crippen LogP contribution in [0.5, 0.6) is 5.75 Å². The van der Waals surface area contributed by atoms with Gasteiger partial charge in [-0.2, -0.15) is 0 Å². The number of hydrogen-bond acceptors (Lipinski definition) is 7. The minimum atomic E-state index is -1.18. The Morgan fingerprint density at radius 1 is 1.32 bits per heavy atom. The van der Waals surface area contributed by atoms with E-state index in [2.05, 4.69) is 40.6 Å². The highest BCUT2D eigenvalue weighted by atomic mass is 79.9. The molecule has 1 aromatic carbocycles. The van der Waals surface area contributed by atoms with Crippen LogP contribution in [-0.2, 0) is 16.2 Å². The van der Waals surface area contributed by atoms with Crippen molar-refractivity contribution in [3.05, 3.63) is 44.4 Å². The molecule has 0 aliphatic rings. The Labute approximate surface area is 195 Å². The summed E-state index contributed by atoms with van der Waals surface area (Å²) >= 11 is 4.54. The molecule has 10 heteroatoms. The maximum atomic E-state index is 11.9. The zero-order valence-electron chi connectivity index (χ0n) is 18.3. The van der Waals surface area contributed by atoms with E-state index in [4.69, 9.17) is 14.2 Å². The number of carbonyl (C=O) groups excluding carboxylic acids is 1. The van der Waals surface area contributed by atoms with Gasteiger partial charge in [-0.05, 0) is 34.1 Å². The lowest BCUT2D eigenvalue weighted by molar-refractivity contribution is 0.0593. The zero-order valence-corrected chi connectivity index (χ0v) is 21.7. The molecule has 2 heterocycles. The van der Waals surface area contributed by atoms with Crippen LogP contribution in [0.25, 0.3) is 10.9 Å². The third-order valence-corrected chi connectivity index (χ3v) is 8.32. The SMILES string of the molecule is COC(=O)c1nc(C(O)c2cn(COCC[Si](C)(C)C)c3cc(OC)ccc23)sc1Br. The fourth-order valence-corrected chi connectivity index (χ4v) is 5.37. The van der Waals surface area contributed by atoms with Crippen LogP contribution in [0.1, 0.15) is 27.2 Å². The molecule has 3 rings (SSSR count). The minimum Gasteiger partial charge on any atom is -0.497 e. The second-order valence-corrected chi connectivity index (χ2v) is 16.3. The van der Waals surface area contributed by atoms with Gasteiger partial charge in [-0.1, -0.05) is 19.6 Å². The van der Waals surface area contributed by atoms with Crippen molar-refractivity contribution < 1.29 is 24.1 Å². The van der Waals surface area contributed by atoms with E-state index in [1.165, 1.54) is 18.4 Å². The summed E-state index contributed by atoms with van der Waals surface area (Å²) in [5, 5.41) is 12.4. The van der Waals surface area contributed by atoms with Gasteiger partial charge in [0.05, 0.1) is 19.7 Å². The first-order valence-electron chi connectivity index (χ1n) is 9.81. The maximum absolute atomic E-state index is 11.9. The van der Waals surface area contributed by atoms with Crippen molar-refractivity contribution in [2.45, 2.75) is 38.5 Å². The Balaban J connectivity index is 1.94. The molecule has 7 nitrogen and oxygen atoms in total. The molecule has 0 fully saturated rings. The van der Waals surface area contributed by atoms with E-state index in [0.29, 0.717) is 27.7 Å². The molecule has 31 heavy (non-hydrogen) atoms. The van der Waals surface area contributed by atoms with Gasteiger partial charge in [-0.25, -0.2) is 9.78 Å². The Bertz CT molecular complexity index is 1080. The van der Waals surface area contributed by atoms with Crippen molar-refractivity contribution in [3.8, 4) is 5.75 Å². The van der Waals surface area contributed by atoms with Gasteiger partial charge in [0.15, 0.2) is 5.69 Å². The number of nitrogens with zero attached hydrogens (tertiary/aromatic N) is 2. The predicted octanol–water partition coefficient (Wildman–Crippen LogP) is 5.05. The first-order chi connectivity index (χ1) is 14.6. The summed E-state index contributed by atoms with van der Waals surface area (Å²) in [5.41, 5.74) is 1.73. The molecule has 0 aliphatic carbocycles. The first-order valence-corrected chi connectivity index (χ1v) is 15.1. The monoisotopic (exact) mass is 526 g/mol. The molecular weight excluding hydrogens is 500 g/mol.